The molecule has 0 aliphatic carbocycles. The Labute approximate surface area is 221 Å². The molecule has 4 rings (SSSR count). The summed E-state index contributed by atoms with van der Waals surface area (Å²) in [5.74, 6) is 0.467. The second kappa shape index (κ2) is 11.2. The molecule has 2 aromatic carbocycles. The van der Waals surface area contributed by atoms with Crippen LogP contribution in [0.4, 0.5) is 32.2 Å². The summed E-state index contributed by atoms with van der Waals surface area (Å²) in [4.78, 5) is 4.23. The first-order valence-electron chi connectivity index (χ1n) is 12.2. The van der Waals surface area contributed by atoms with Gasteiger partial charge in [0.1, 0.15) is 11.9 Å². The molecular formula is C28H26F6N4O. The summed E-state index contributed by atoms with van der Waals surface area (Å²) >= 11 is 0. The Morgan fingerprint density at radius 2 is 1.72 bits per heavy atom. The van der Waals surface area contributed by atoms with Gasteiger partial charge in [0.15, 0.2) is 0 Å². The molecule has 0 bridgehead atoms. The molecule has 1 unspecified atom stereocenters. The van der Waals surface area contributed by atoms with E-state index in [9.17, 15) is 31.6 Å². The summed E-state index contributed by atoms with van der Waals surface area (Å²) in [7, 11) is 0. The quantitative estimate of drug-likeness (QED) is 0.317. The number of rotatable bonds is 7. The maximum Gasteiger partial charge on any atom is 0.416 e. The third-order valence-electron chi connectivity index (χ3n) is 6.86. The molecule has 11 heteroatoms. The van der Waals surface area contributed by atoms with E-state index in [1.165, 1.54) is 6.92 Å². The third kappa shape index (κ3) is 6.69. The molecule has 0 spiro atoms. The molecule has 2 N–H and O–H groups in total. The summed E-state index contributed by atoms with van der Waals surface area (Å²) in [6, 6.07) is 16.2. The lowest BCUT2D eigenvalue weighted by Gasteiger charge is -2.42. The number of aromatic nitrogens is 1. The predicted molar refractivity (Wildman–Crippen MR) is 133 cm³/mol. The zero-order chi connectivity index (χ0) is 28.3. The highest BCUT2D eigenvalue weighted by Gasteiger charge is 2.39. The van der Waals surface area contributed by atoms with E-state index < -0.39 is 35.1 Å². The normalized spacial score (nSPS) is 20.7. The molecule has 3 aromatic rings. The molecule has 0 saturated carbocycles. The smallest absolute Gasteiger partial charge is 0.372 e. The number of pyridine rings is 1. The number of nitrogens with zero attached hydrogens (tertiary/aromatic N) is 2. The number of piperidine rings is 1. The van der Waals surface area contributed by atoms with E-state index in [1.54, 1.807) is 18.3 Å². The molecule has 0 amide bonds. The Morgan fingerprint density at radius 1 is 1.05 bits per heavy atom. The maximum absolute atomic E-state index is 13.4. The van der Waals surface area contributed by atoms with E-state index >= 15 is 0 Å². The number of halogens is 6. The Balaban J connectivity index is 1.54. The first-order valence-corrected chi connectivity index (χ1v) is 12.2. The zero-order valence-electron chi connectivity index (χ0n) is 20.9. The van der Waals surface area contributed by atoms with Crippen molar-refractivity contribution in [2.75, 3.05) is 18.5 Å². The van der Waals surface area contributed by atoms with Crippen LogP contribution in [0.15, 0.2) is 66.9 Å². The average molecular weight is 549 g/mol. The van der Waals surface area contributed by atoms with Gasteiger partial charge < -0.3 is 15.4 Å². The summed E-state index contributed by atoms with van der Waals surface area (Å²) in [6.45, 7) is 1.90. The molecule has 206 valence electrons. The van der Waals surface area contributed by atoms with Gasteiger partial charge in [0.25, 0.3) is 0 Å². The lowest BCUT2D eigenvalue weighted by Crippen LogP contribution is -2.55. The van der Waals surface area contributed by atoms with Crippen molar-refractivity contribution in [3.63, 3.8) is 0 Å². The maximum atomic E-state index is 13.4. The van der Waals surface area contributed by atoms with Crippen LogP contribution in [0.3, 0.4) is 0 Å². The van der Waals surface area contributed by atoms with Gasteiger partial charge in [0.05, 0.1) is 34.9 Å². The number of alkyl halides is 6. The van der Waals surface area contributed by atoms with Gasteiger partial charge in [0, 0.05) is 18.8 Å². The molecule has 2 heterocycles. The molecule has 1 aliphatic rings. The van der Waals surface area contributed by atoms with Crippen LogP contribution in [0, 0.1) is 11.3 Å². The van der Waals surface area contributed by atoms with E-state index in [-0.39, 0.29) is 24.3 Å². The number of nitrogens with one attached hydrogen (secondary N) is 2. The zero-order valence-corrected chi connectivity index (χ0v) is 20.9. The van der Waals surface area contributed by atoms with Crippen LogP contribution in [0.2, 0.25) is 0 Å². The van der Waals surface area contributed by atoms with Gasteiger partial charge in [0.2, 0.25) is 0 Å². The minimum Gasteiger partial charge on any atom is -0.372 e. The van der Waals surface area contributed by atoms with Crippen LogP contribution in [-0.2, 0) is 22.6 Å². The van der Waals surface area contributed by atoms with Crippen LogP contribution in [0.25, 0.3) is 0 Å². The topological polar surface area (TPSA) is 70.0 Å². The van der Waals surface area contributed by atoms with E-state index in [4.69, 9.17) is 4.74 Å². The third-order valence-corrected chi connectivity index (χ3v) is 6.86. The van der Waals surface area contributed by atoms with Crippen LogP contribution in [-0.4, -0.2) is 24.2 Å². The molecule has 5 nitrogen and oxygen atoms in total. The molecule has 1 aliphatic heterocycles. The minimum absolute atomic E-state index is 0.00945. The number of benzene rings is 2. The van der Waals surface area contributed by atoms with Gasteiger partial charge in [-0.1, -0.05) is 30.3 Å². The Hall–Kier alpha value is -3.62. The van der Waals surface area contributed by atoms with E-state index in [2.05, 4.69) is 21.7 Å². The second-order valence-corrected chi connectivity index (χ2v) is 9.51. The van der Waals surface area contributed by atoms with Crippen LogP contribution >= 0.6 is 0 Å². The molecule has 0 radical (unpaired) electrons. The summed E-state index contributed by atoms with van der Waals surface area (Å²) in [5.41, 5.74) is -2.41. The number of hydrogen-bond acceptors (Lipinski definition) is 5. The van der Waals surface area contributed by atoms with Crippen LogP contribution in [0.5, 0.6) is 0 Å². The van der Waals surface area contributed by atoms with Crippen molar-refractivity contribution >= 4 is 5.82 Å². The molecule has 1 aromatic heterocycles. The van der Waals surface area contributed by atoms with E-state index in [0.29, 0.717) is 42.9 Å². The number of nitriles is 1. The van der Waals surface area contributed by atoms with Gasteiger partial charge in [-0.25, -0.2) is 4.98 Å². The lowest BCUT2D eigenvalue weighted by molar-refractivity contribution is -0.143. The fourth-order valence-corrected chi connectivity index (χ4v) is 4.64. The Kier molecular flexibility index (Phi) is 8.18. The van der Waals surface area contributed by atoms with E-state index in [0.717, 1.165) is 5.56 Å². The minimum atomic E-state index is -4.94. The van der Waals surface area contributed by atoms with Gasteiger partial charge in [-0.05, 0) is 61.2 Å². The highest BCUT2D eigenvalue weighted by Crippen LogP contribution is 2.39. The largest absolute Gasteiger partial charge is 0.416 e. The summed E-state index contributed by atoms with van der Waals surface area (Å²) in [6.07, 6.45) is -8.14. The van der Waals surface area contributed by atoms with Crippen molar-refractivity contribution in [1.29, 1.82) is 5.26 Å². The predicted octanol–water partition coefficient (Wildman–Crippen LogP) is 6.83. The van der Waals surface area contributed by atoms with Crippen molar-refractivity contribution in [1.82, 2.24) is 10.3 Å². The van der Waals surface area contributed by atoms with Crippen LogP contribution < -0.4 is 10.6 Å². The summed E-state index contributed by atoms with van der Waals surface area (Å²) in [5, 5.41) is 16.1. The Morgan fingerprint density at radius 3 is 2.28 bits per heavy atom. The van der Waals surface area contributed by atoms with Gasteiger partial charge >= 0.3 is 12.4 Å². The Bertz CT molecular complexity index is 1280. The number of anilines is 1. The standard InChI is InChI=1S/C28H26F6N4O/c1-18(20-12-22(27(29,30)31)14-23(13-20)28(32,33)34)39-17-26(21-7-3-2-4-8-21)10-9-24(16-37-26)38-25-19(15-35)6-5-11-36-25/h2-8,11-14,18,24,37H,9-10,16-17H2,1H3,(H,36,38)/t18-,24+,26?/m1/s1. The summed E-state index contributed by atoms with van der Waals surface area (Å²) < 4.78 is 86.1. The number of ether oxygens (including phenoxy) is 1. The monoisotopic (exact) mass is 548 g/mol. The first kappa shape index (κ1) is 28.4. The highest BCUT2D eigenvalue weighted by atomic mass is 19.4. The SMILES string of the molecule is C[C@@H](OCC1(c2ccccc2)CC[C@H](Nc2ncccc2C#N)CN1)c1cc(C(F)(F)F)cc(C(F)(F)F)c1. The van der Waals surface area contributed by atoms with Crippen LogP contribution in [0.1, 0.15) is 53.7 Å². The lowest BCUT2D eigenvalue weighted by atomic mass is 9.81. The fourth-order valence-electron chi connectivity index (χ4n) is 4.64. The molecule has 3 atom stereocenters. The molecule has 1 fully saturated rings. The van der Waals surface area contributed by atoms with Crippen molar-refractivity contribution in [3.8, 4) is 6.07 Å². The van der Waals surface area contributed by atoms with Crippen molar-refractivity contribution < 1.29 is 31.1 Å². The second-order valence-electron chi connectivity index (χ2n) is 9.51. The number of hydrogen-bond donors (Lipinski definition) is 2. The van der Waals surface area contributed by atoms with Crippen molar-refractivity contribution in [3.05, 3.63) is 94.7 Å². The first-order chi connectivity index (χ1) is 18.4. The van der Waals surface area contributed by atoms with Crippen molar-refractivity contribution in [2.45, 2.75) is 49.8 Å². The molecule has 1 saturated heterocycles. The van der Waals surface area contributed by atoms with Gasteiger partial charge in [-0.15, -0.1) is 0 Å². The van der Waals surface area contributed by atoms with Crippen molar-refractivity contribution in [2.24, 2.45) is 0 Å². The van der Waals surface area contributed by atoms with E-state index in [1.807, 2.05) is 30.3 Å². The highest BCUT2D eigenvalue weighted by molar-refractivity contribution is 5.52. The molecule has 39 heavy (non-hydrogen) atoms. The van der Waals surface area contributed by atoms with Gasteiger partial charge in [-0.3, -0.25) is 0 Å². The molecular weight excluding hydrogens is 522 g/mol. The van der Waals surface area contributed by atoms with Gasteiger partial charge in [-0.2, -0.15) is 31.6 Å². The fraction of sp³-hybridized carbons (Fsp3) is 0.357. The average Bonchev–Trinajstić information content (AvgIpc) is 2.92.